The van der Waals surface area contributed by atoms with Crippen molar-refractivity contribution in [2.24, 2.45) is 10.8 Å². The van der Waals surface area contributed by atoms with Crippen molar-refractivity contribution >= 4 is 63.5 Å². The molecule has 0 unspecified atom stereocenters. The number of carbonyl (C=O) groups is 2. The molecule has 0 aliphatic heterocycles. The lowest BCUT2D eigenvalue weighted by Crippen LogP contribution is -2.18. The number of thiophene rings is 2. The van der Waals surface area contributed by atoms with Crippen LogP contribution in [0.4, 0.5) is 0 Å². The number of hydrazone groups is 1. The second-order valence-corrected chi connectivity index (χ2v) is 10.2. The number of nitrogens with zero attached hydrogens (tertiary/aromatic N) is 2. The van der Waals surface area contributed by atoms with Gasteiger partial charge in [0.25, 0.3) is 5.91 Å². The van der Waals surface area contributed by atoms with Gasteiger partial charge in [-0.05, 0) is 67.4 Å². The molecular formula is C25H22Cl2N4O4S2. The van der Waals surface area contributed by atoms with Crippen molar-refractivity contribution in [1.29, 1.82) is 0 Å². The van der Waals surface area contributed by atoms with E-state index in [1.54, 1.807) is 42.9 Å². The molecule has 4 aromatic rings. The first-order valence-corrected chi connectivity index (χ1v) is 13.2. The lowest BCUT2D eigenvalue weighted by atomic mass is 10.1. The molecule has 0 saturated carbocycles. The summed E-state index contributed by atoms with van der Waals surface area (Å²) in [4.78, 5) is 27.8. The highest BCUT2D eigenvalue weighted by Gasteiger charge is 2.17. The van der Waals surface area contributed by atoms with E-state index in [2.05, 4.69) is 15.5 Å². The van der Waals surface area contributed by atoms with Gasteiger partial charge in [0.2, 0.25) is 0 Å². The van der Waals surface area contributed by atoms with E-state index in [1.165, 1.54) is 29.0 Å². The van der Waals surface area contributed by atoms with Gasteiger partial charge >= 0.3 is 5.97 Å². The molecule has 12 heteroatoms. The molecule has 1 amide bonds. The van der Waals surface area contributed by atoms with Crippen LogP contribution in [-0.2, 0) is 6.42 Å². The molecule has 3 heterocycles. The van der Waals surface area contributed by atoms with E-state index in [1.807, 2.05) is 12.1 Å². The summed E-state index contributed by atoms with van der Waals surface area (Å²) in [7, 11) is 0. The number of carbonyl (C=O) groups excluding carboxylic acids is 1. The molecule has 1 aromatic carbocycles. The zero-order valence-corrected chi connectivity index (χ0v) is 22.6. The summed E-state index contributed by atoms with van der Waals surface area (Å²) in [6, 6.07) is 11.8. The largest absolute Gasteiger partial charge is 0.506 e. The zero-order valence-electron chi connectivity index (χ0n) is 19.4. The summed E-state index contributed by atoms with van der Waals surface area (Å²) in [6.07, 6.45) is 4.51. The number of carboxylic acid groups (broad SMARTS) is 1. The van der Waals surface area contributed by atoms with Crippen LogP contribution < -0.4 is 11.2 Å². The third-order valence-corrected chi connectivity index (χ3v) is 7.71. The van der Waals surface area contributed by atoms with Crippen LogP contribution in [0.2, 0.25) is 10.0 Å². The minimum absolute atomic E-state index is 0.0168. The molecule has 0 bridgehead atoms. The summed E-state index contributed by atoms with van der Waals surface area (Å²) in [5.41, 5.74) is 10.5. The first-order valence-electron chi connectivity index (χ1n) is 10.7. The smallest absolute Gasteiger partial charge is 0.345 e. The molecule has 0 atom stereocenters. The highest BCUT2D eigenvalue weighted by atomic mass is 35.5. The van der Waals surface area contributed by atoms with Gasteiger partial charge in [-0.3, -0.25) is 9.78 Å². The first kappa shape index (κ1) is 28.3. The Morgan fingerprint density at radius 3 is 2.41 bits per heavy atom. The Hall–Kier alpha value is -3.28. The van der Waals surface area contributed by atoms with Gasteiger partial charge in [0.15, 0.2) is 0 Å². The number of aromatic nitrogens is 1. The average molecular weight is 578 g/mol. The topological polar surface area (TPSA) is 138 Å². The van der Waals surface area contributed by atoms with Gasteiger partial charge in [-0.2, -0.15) is 5.10 Å². The quantitative estimate of drug-likeness (QED) is 0.159. The van der Waals surface area contributed by atoms with Crippen molar-refractivity contribution in [3.8, 4) is 16.2 Å². The van der Waals surface area contributed by atoms with Gasteiger partial charge in [-0.15, -0.1) is 22.7 Å². The fourth-order valence-electron chi connectivity index (χ4n) is 2.99. The molecular weight excluding hydrogens is 555 g/mol. The van der Waals surface area contributed by atoms with Crippen LogP contribution in [0, 0.1) is 0 Å². The summed E-state index contributed by atoms with van der Waals surface area (Å²) in [5, 5.41) is 26.0. The maximum atomic E-state index is 12.1. The van der Waals surface area contributed by atoms with Gasteiger partial charge < -0.3 is 15.9 Å². The number of benzene rings is 1. The third-order valence-electron chi connectivity index (χ3n) is 4.88. The number of rotatable bonds is 7. The van der Waals surface area contributed by atoms with Crippen LogP contribution in [0.3, 0.4) is 0 Å². The van der Waals surface area contributed by atoms with E-state index in [4.69, 9.17) is 34.0 Å². The number of hydrogen-bond donors (Lipinski definition) is 4. The Morgan fingerprint density at radius 1 is 1.08 bits per heavy atom. The van der Waals surface area contributed by atoms with Crippen LogP contribution in [-0.4, -0.2) is 39.3 Å². The number of aromatic hydroxyl groups is 1. The van der Waals surface area contributed by atoms with Crippen LogP contribution in [0.15, 0.2) is 65.3 Å². The number of hydrogen-bond acceptors (Lipinski definition) is 8. The molecule has 5 N–H and O–H groups in total. The summed E-state index contributed by atoms with van der Waals surface area (Å²) >= 11 is 14.1. The van der Waals surface area contributed by atoms with Crippen molar-refractivity contribution in [2.45, 2.75) is 13.3 Å². The second kappa shape index (κ2) is 13.3. The summed E-state index contributed by atoms with van der Waals surface area (Å²) < 4.78 is 0. The van der Waals surface area contributed by atoms with Gasteiger partial charge in [0, 0.05) is 17.8 Å². The van der Waals surface area contributed by atoms with E-state index >= 15 is 0 Å². The second-order valence-electron chi connectivity index (χ2n) is 7.46. The minimum atomic E-state index is -1.10. The van der Waals surface area contributed by atoms with Gasteiger partial charge in [-0.25, -0.2) is 10.2 Å². The number of nitrogens with one attached hydrogen (secondary N) is 1. The van der Waals surface area contributed by atoms with Crippen molar-refractivity contribution in [3.63, 3.8) is 0 Å². The molecule has 4 rings (SSSR count). The molecule has 0 radical (unpaired) electrons. The lowest BCUT2D eigenvalue weighted by molar-refractivity contribution is 0.0702. The van der Waals surface area contributed by atoms with Crippen molar-refractivity contribution in [1.82, 2.24) is 10.4 Å². The number of pyridine rings is 1. The lowest BCUT2D eigenvalue weighted by Gasteiger charge is -2.04. The Kier molecular flexibility index (Phi) is 10.2. The Bertz CT molecular complexity index is 1420. The van der Waals surface area contributed by atoms with E-state index in [0.717, 1.165) is 17.8 Å². The molecule has 0 aliphatic carbocycles. The average Bonchev–Trinajstić information content (AvgIpc) is 3.53. The molecule has 8 nitrogen and oxygen atoms in total. The molecule has 0 aliphatic rings. The number of carboxylic acids is 1. The minimum Gasteiger partial charge on any atom is -0.506 e. The summed E-state index contributed by atoms with van der Waals surface area (Å²) in [5.74, 6) is -1.61. The molecule has 0 spiro atoms. The van der Waals surface area contributed by atoms with Gasteiger partial charge in [0.1, 0.15) is 10.6 Å². The highest BCUT2D eigenvalue weighted by Crippen LogP contribution is 2.40. The predicted molar refractivity (Wildman–Crippen MR) is 149 cm³/mol. The Morgan fingerprint density at radius 2 is 1.78 bits per heavy atom. The Labute approximate surface area is 231 Å². The predicted octanol–water partition coefficient (Wildman–Crippen LogP) is 5.92. The highest BCUT2D eigenvalue weighted by molar-refractivity contribution is 7.15. The van der Waals surface area contributed by atoms with Crippen molar-refractivity contribution in [2.75, 3.05) is 6.54 Å². The monoisotopic (exact) mass is 576 g/mol. The van der Waals surface area contributed by atoms with Crippen molar-refractivity contribution < 1.29 is 19.8 Å². The van der Waals surface area contributed by atoms with Crippen LogP contribution >= 0.6 is 45.9 Å². The molecule has 37 heavy (non-hydrogen) atoms. The van der Waals surface area contributed by atoms with Gasteiger partial charge in [0.05, 0.1) is 31.1 Å². The van der Waals surface area contributed by atoms with E-state index in [9.17, 15) is 14.7 Å². The SMILES string of the molecule is CC(=NNC(=O)c1ccc(C(=O)O)s1)c1csc(-c2ccc(Cl)c(Cl)c2)c1O.NCCc1ccncc1. The van der Waals surface area contributed by atoms with E-state index in [-0.39, 0.29) is 15.5 Å². The van der Waals surface area contributed by atoms with Crippen LogP contribution in [0.5, 0.6) is 5.75 Å². The molecule has 192 valence electrons. The Balaban J connectivity index is 0.000000356. The maximum absolute atomic E-state index is 12.1. The molecule has 0 saturated heterocycles. The maximum Gasteiger partial charge on any atom is 0.345 e. The number of amides is 1. The summed E-state index contributed by atoms with van der Waals surface area (Å²) in [6.45, 7) is 2.35. The fourth-order valence-corrected chi connectivity index (χ4v) is 5.03. The normalized spacial score (nSPS) is 11.0. The number of aromatic carboxylic acids is 1. The number of halogens is 2. The fraction of sp³-hybridized carbons (Fsp3) is 0.120. The number of nitrogens with two attached hydrogens (primary N) is 1. The van der Waals surface area contributed by atoms with Crippen LogP contribution in [0.1, 0.15) is 37.4 Å². The standard InChI is InChI=1S/C18H12Cl2N2O4S2.C7H10N2/c1-8(21-22-17(24)13-4-5-14(28-13)18(25)26)10-7-27-16(15(10)23)9-2-3-11(19)12(20)6-9;8-4-1-7-2-5-9-6-3-7/h2-7,23H,1H3,(H,22,24)(H,25,26);2-3,5-6H,1,4,8H2. The molecule has 0 fully saturated rings. The van der Waals surface area contributed by atoms with E-state index < -0.39 is 11.9 Å². The van der Waals surface area contributed by atoms with Gasteiger partial charge in [-0.1, -0.05) is 29.3 Å². The molecule has 3 aromatic heterocycles. The zero-order chi connectivity index (χ0) is 26.9. The first-order chi connectivity index (χ1) is 17.7. The van der Waals surface area contributed by atoms with Crippen molar-refractivity contribution in [3.05, 3.63) is 91.2 Å². The van der Waals surface area contributed by atoms with Crippen LogP contribution in [0.25, 0.3) is 10.4 Å². The van der Waals surface area contributed by atoms with E-state index in [0.29, 0.717) is 38.3 Å². The third kappa shape index (κ3) is 7.61.